The van der Waals surface area contributed by atoms with Crippen molar-refractivity contribution in [2.45, 2.75) is 12.8 Å². The van der Waals surface area contributed by atoms with Gasteiger partial charge in [0.2, 0.25) is 5.88 Å². The van der Waals surface area contributed by atoms with E-state index in [1.54, 1.807) is 12.3 Å². The molecule has 5 nitrogen and oxygen atoms in total. The van der Waals surface area contributed by atoms with Gasteiger partial charge in [-0.25, -0.2) is 4.79 Å². The molecule has 0 spiro atoms. The molecule has 1 aliphatic rings. The van der Waals surface area contributed by atoms with Gasteiger partial charge in [0.25, 0.3) is 0 Å². The average molecular weight is 181 g/mol. The quantitative estimate of drug-likeness (QED) is 0.728. The molecular formula is C8H11N3O2. The molecule has 1 heterocycles. The summed E-state index contributed by atoms with van der Waals surface area (Å²) in [7, 11) is 0. The second kappa shape index (κ2) is 3.47. The Balaban J connectivity index is 1.71. The average Bonchev–Trinajstić information content (AvgIpc) is 2.82. The van der Waals surface area contributed by atoms with E-state index in [2.05, 4.69) is 15.5 Å². The number of nitrogens with zero attached hydrogens (tertiary/aromatic N) is 1. The monoisotopic (exact) mass is 181 g/mol. The summed E-state index contributed by atoms with van der Waals surface area (Å²) < 4.78 is 4.84. The van der Waals surface area contributed by atoms with Gasteiger partial charge in [0.05, 0.1) is 0 Å². The van der Waals surface area contributed by atoms with Crippen LogP contribution in [0.4, 0.5) is 4.79 Å². The molecule has 0 saturated heterocycles. The fourth-order valence-corrected chi connectivity index (χ4v) is 0.984. The normalized spacial score (nSPS) is 15.4. The van der Waals surface area contributed by atoms with Gasteiger partial charge in [-0.05, 0) is 18.8 Å². The number of rotatable bonds is 3. The first-order chi connectivity index (χ1) is 6.34. The molecule has 0 radical (unpaired) electrons. The van der Waals surface area contributed by atoms with E-state index in [9.17, 15) is 4.79 Å². The summed E-state index contributed by atoms with van der Waals surface area (Å²) in [5.74, 6) is 0.958. The van der Waals surface area contributed by atoms with Crippen molar-refractivity contribution in [1.82, 2.24) is 15.5 Å². The van der Waals surface area contributed by atoms with Gasteiger partial charge in [-0.1, -0.05) is 0 Å². The van der Waals surface area contributed by atoms with Crippen LogP contribution in [0, 0.1) is 5.92 Å². The highest BCUT2D eigenvalue weighted by molar-refractivity contribution is 5.69. The second-order valence-electron chi connectivity index (χ2n) is 3.13. The molecule has 1 aromatic rings. The number of nitrogens with one attached hydrogen (secondary N) is 2. The second-order valence-corrected chi connectivity index (χ2v) is 3.13. The lowest BCUT2D eigenvalue weighted by atomic mass is 10.4. The number of amides is 1. The maximum absolute atomic E-state index is 11.1. The van der Waals surface area contributed by atoms with Crippen molar-refractivity contribution in [3.63, 3.8) is 0 Å². The van der Waals surface area contributed by atoms with Crippen LogP contribution >= 0.6 is 0 Å². The van der Waals surface area contributed by atoms with E-state index >= 15 is 0 Å². The van der Waals surface area contributed by atoms with Crippen LogP contribution in [-0.4, -0.2) is 22.8 Å². The van der Waals surface area contributed by atoms with Crippen LogP contribution < -0.4 is 10.1 Å². The molecule has 0 aromatic carbocycles. The van der Waals surface area contributed by atoms with Crippen molar-refractivity contribution < 1.29 is 9.53 Å². The Morgan fingerprint density at radius 2 is 2.62 bits per heavy atom. The van der Waals surface area contributed by atoms with Crippen molar-refractivity contribution in [1.29, 1.82) is 0 Å². The molecule has 1 amide bonds. The summed E-state index contributed by atoms with van der Waals surface area (Å²) in [5, 5.41) is 8.92. The Bertz CT molecular complexity index is 280. The maximum atomic E-state index is 11.1. The zero-order valence-corrected chi connectivity index (χ0v) is 7.12. The number of carbonyl (C=O) groups is 1. The zero-order chi connectivity index (χ0) is 9.10. The molecule has 2 rings (SSSR count). The molecule has 0 atom stereocenters. The van der Waals surface area contributed by atoms with Crippen LogP contribution in [0.15, 0.2) is 12.3 Å². The molecule has 5 heteroatoms. The lowest BCUT2D eigenvalue weighted by Crippen LogP contribution is -2.28. The maximum Gasteiger partial charge on any atom is 0.414 e. The van der Waals surface area contributed by atoms with E-state index in [4.69, 9.17) is 4.74 Å². The first-order valence-corrected chi connectivity index (χ1v) is 4.30. The van der Waals surface area contributed by atoms with Gasteiger partial charge in [0, 0.05) is 18.8 Å². The number of H-pyrrole nitrogens is 1. The third-order valence-electron chi connectivity index (χ3n) is 1.90. The summed E-state index contributed by atoms with van der Waals surface area (Å²) in [4.78, 5) is 11.1. The summed E-state index contributed by atoms with van der Waals surface area (Å²) in [6.07, 6.45) is 3.59. The Morgan fingerprint density at radius 1 is 1.77 bits per heavy atom. The molecule has 0 aliphatic heterocycles. The number of aromatic nitrogens is 2. The van der Waals surface area contributed by atoms with Crippen LogP contribution in [0.3, 0.4) is 0 Å². The third kappa shape index (κ3) is 2.47. The minimum atomic E-state index is -0.431. The van der Waals surface area contributed by atoms with E-state index in [0.717, 1.165) is 0 Å². The standard InChI is InChI=1S/C8H11N3O2/c12-8(9-5-6-1-2-6)13-7-3-4-10-11-7/h3-4,6H,1-2,5H2,(H,9,12)(H,10,11). The fraction of sp³-hybridized carbons (Fsp3) is 0.500. The highest BCUT2D eigenvalue weighted by Gasteiger charge is 2.22. The number of hydrogen-bond acceptors (Lipinski definition) is 3. The minimum Gasteiger partial charge on any atom is -0.390 e. The minimum absolute atomic E-state index is 0.299. The summed E-state index contributed by atoms with van der Waals surface area (Å²) in [6.45, 7) is 0.712. The van der Waals surface area contributed by atoms with E-state index in [1.807, 2.05) is 0 Å². The van der Waals surface area contributed by atoms with E-state index in [0.29, 0.717) is 18.3 Å². The summed E-state index contributed by atoms with van der Waals surface area (Å²) in [6, 6.07) is 1.59. The van der Waals surface area contributed by atoms with Crippen LogP contribution in [0.5, 0.6) is 5.88 Å². The van der Waals surface area contributed by atoms with Crippen LogP contribution in [0.25, 0.3) is 0 Å². The van der Waals surface area contributed by atoms with Gasteiger partial charge in [-0.15, -0.1) is 5.10 Å². The lowest BCUT2D eigenvalue weighted by Gasteiger charge is -2.01. The van der Waals surface area contributed by atoms with Crippen LogP contribution in [0.1, 0.15) is 12.8 Å². The Labute approximate surface area is 75.5 Å². The third-order valence-corrected chi connectivity index (χ3v) is 1.90. The van der Waals surface area contributed by atoms with Crippen molar-refractivity contribution in [2.24, 2.45) is 5.92 Å². The first-order valence-electron chi connectivity index (χ1n) is 4.30. The number of ether oxygens (including phenoxy) is 1. The van der Waals surface area contributed by atoms with Gasteiger partial charge in [-0.3, -0.25) is 5.10 Å². The van der Waals surface area contributed by atoms with Crippen molar-refractivity contribution in [3.8, 4) is 5.88 Å². The number of hydrogen-bond donors (Lipinski definition) is 2. The first kappa shape index (κ1) is 8.10. The van der Waals surface area contributed by atoms with Gasteiger partial charge < -0.3 is 10.1 Å². The highest BCUT2D eigenvalue weighted by Crippen LogP contribution is 2.27. The van der Waals surface area contributed by atoms with Crippen molar-refractivity contribution >= 4 is 6.09 Å². The molecule has 0 bridgehead atoms. The SMILES string of the molecule is O=C(NCC1CC1)Oc1cc[nH]n1. The predicted molar refractivity (Wildman–Crippen MR) is 45.3 cm³/mol. The van der Waals surface area contributed by atoms with E-state index in [1.165, 1.54) is 12.8 Å². The molecule has 1 aliphatic carbocycles. The lowest BCUT2D eigenvalue weighted by molar-refractivity contribution is 0.198. The summed E-state index contributed by atoms with van der Waals surface area (Å²) >= 11 is 0. The van der Waals surface area contributed by atoms with Crippen molar-refractivity contribution in [2.75, 3.05) is 6.54 Å². The Hall–Kier alpha value is -1.52. The van der Waals surface area contributed by atoms with Gasteiger partial charge in [-0.2, -0.15) is 0 Å². The topological polar surface area (TPSA) is 67.0 Å². The molecule has 0 unspecified atom stereocenters. The highest BCUT2D eigenvalue weighted by atomic mass is 16.6. The largest absolute Gasteiger partial charge is 0.414 e. The van der Waals surface area contributed by atoms with Crippen LogP contribution in [-0.2, 0) is 0 Å². The Morgan fingerprint density at radius 3 is 3.23 bits per heavy atom. The molecular weight excluding hydrogens is 170 g/mol. The van der Waals surface area contributed by atoms with E-state index in [-0.39, 0.29) is 0 Å². The molecule has 13 heavy (non-hydrogen) atoms. The fourth-order valence-electron chi connectivity index (χ4n) is 0.984. The Kier molecular flexibility index (Phi) is 2.16. The summed E-state index contributed by atoms with van der Waals surface area (Å²) in [5.41, 5.74) is 0. The zero-order valence-electron chi connectivity index (χ0n) is 7.12. The van der Waals surface area contributed by atoms with Gasteiger partial charge in [0.1, 0.15) is 0 Å². The number of carbonyl (C=O) groups excluding carboxylic acids is 1. The molecule has 1 aromatic heterocycles. The van der Waals surface area contributed by atoms with Gasteiger partial charge in [0.15, 0.2) is 0 Å². The smallest absolute Gasteiger partial charge is 0.390 e. The number of aromatic amines is 1. The molecule has 1 saturated carbocycles. The molecule has 1 fully saturated rings. The van der Waals surface area contributed by atoms with Crippen molar-refractivity contribution in [3.05, 3.63) is 12.3 Å². The predicted octanol–water partition coefficient (Wildman–Crippen LogP) is 0.908. The van der Waals surface area contributed by atoms with Crippen LogP contribution in [0.2, 0.25) is 0 Å². The molecule has 2 N–H and O–H groups in total. The van der Waals surface area contributed by atoms with E-state index < -0.39 is 6.09 Å². The van der Waals surface area contributed by atoms with Gasteiger partial charge >= 0.3 is 6.09 Å². The molecule has 70 valence electrons.